The Morgan fingerprint density at radius 3 is 2.58 bits per heavy atom. The first kappa shape index (κ1) is 16.0. The minimum atomic E-state index is -4.46. The fourth-order valence-electron chi connectivity index (χ4n) is 2.72. The molecule has 0 fully saturated rings. The van der Waals surface area contributed by atoms with Crippen LogP contribution in [0.5, 0.6) is 0 Å². The number of halogens is 3. The number of alkyl halides is 3. The van der Waals surface area contributed by atoms with Crippen molar-refractivity contribution in [2.75, 3.05) is 0 Å². The van der Waals surface area contributed by atoms with Crippen LogP contribution in [0.1, 0.15) is 5.56 Å². The van der Waals surface area contributed by atoms with Gasteiger partial charge < -0.3 is 4.98 Å². The van der Waals surface area contributed by atoms with Gasteiger partial charge in [-0.15, -0.1) is 0 Å². The van der Waals surface area contributed by atoms with Crippen LogP contribution < -0.4 is 0 Å². The third kappa shape index (κ3) is 2.63. The van der Waals surface area contributed by atoms with E-state index < -0.39 is 16.7 Å². The lowest BCUT2D eigenvalue weighted by molar-refractivity contribution is -0.383. The maximum Gasteiger partial charge on any atom is 0.416 e. The predicted molar refractivity (Wildman–Crippen MR) is 88.5 cm³/mol. The van der Waals surface area contributed by atoms with Crippen molar-refractivity contribution in [3.05, 3.63) is 64.2 Å². The smallest absolute Gasteiger partial charge is 0.337 e. The molecule has 0 atom stereocenters. The fraction of sp³-hybridized carbons (Fsp3) is 0.0588. The topological polar surface area (TPSA) is 84.7 Å². The third-order valence-electron chi connectivity index (χ3n) is 3.95. The van der Waals surface area contributed by atoms with Gasteiger partial charge in [0.2, 0.25) is 0 Å². The molecule has 6 nitrogen and oxygen atoms in total. The van der Waals surface area contributed by atoms with E-state index in [0.29, 0.717) is 16.6 Å². The SMILES string of the molecule is O=[N+]([O-])c1cccc2ccc(-c3nc4ccc(C(F)(F)F)cc4[nH]3)nc12. The summed E-state index contributed by atoms with van der Waals surface area (Å²) in [5.74, 6) is 0.236. The molecule has 4 rings (SSSR count). The normalized spacial score (nSPS) is 12.0. The standard InChI is InChI=1S/C17H9F3N4O2/c18-17(19,20)10-5-7-11-13(8-10)23-16(22-11)12-6-4-9-2-1-3-14(24(25)26)15(9)21-12/h1-8H,(H,22,23). The van der Waals surface area contributed by atoms with Crippen LogP contribution in [0.25, 0.3) is 33.5 Å². The number of non-ortho nitro benzene ring substituents is 1. The van der Waals surface area contributed by atoms with Gasteiger partial charge in [0.25, 0.3) is 5.69 Å². The zero-order valence-corrected chi connectivity index (χ0v) is 12.9. The summed E-state index contributed by atoms with van der Waals surface area (Å²) < 4.78 is 38.5. The first-order valence-corrected chi connectivity index (χ1v) is 7.44. The molecule has 0 amide bonds. The Balaban J connectivity index is 1.87. The van der Waals surface area contributed by atoms with Gasteiger partial charge >= 0.3 is 6.18 Å². The van der Waals surface area contributed by atoms with E-state index in [2.05, 4.69) is 15.0 Å². The second-order valence-electron chi connectivity index (χ2n) is 5.62. The molecule has 2 aromatic heterocycles. The van der Waals surface area contributed by atoms with Crippen LogP contribution in [0.15, 0.2) is 48.5 Å². The second-order valence-corrected chi connectivity index (χ2v) is 5.62. The summed E-state index contributed by atoms with van der Waals surface area (Å²) in [5.41, 5.74) is 0.0989. The van der Waals surface area contributed by atoms with E-state index in [0.717, 1.165) is 12.1 Å². The molecule has 0 spiro atoms. The molecule has 0 radical (unpaired) electrons. The Kier molecular flexibility index (Phi) is 3.39. The van der Waals surface area contributed by atoms with Crippen LogP contribution in [0.4, 0.5) is 18.9 Å². The molecule has 2 aromatic carbocycles. The zero-order valence-electron chi connectivity index (χ0n) is 12.9. The summed E-state index contributed by atoms with van der Waals surface area (Å²) in [6.07, 6.45) is -4.46. The van der Waals surface area contributed by atoms with Gasteiger partial charge in [0.15, 0.2) is 5.82 Å². The molecule has 4 aromatic rings. The molecule has 0 saturated heterocycles. The Morgan fingerprint density at radius 2 is 1.85 bits per heavy atom. The second kappa shape index (κ2) is 5.51. The van der Waals surface area contributed by atoms with Crippen LogP contribution in [-0.4, -0.2) is 19.9 Å². The van der Waals surface area contributed by atoms with Gasteiger partial charge in [-0.25, -0.2) is 9.97 Å². The highest BCUT2D eigenvalue weighted by Gasteiger charge is 2.30. The number of aromatic nitrogens is 3. The number of nitrogens with one attached hydrogen (secondary N) is 1. The number of fused-ring (bicyclic) bond motifs is 2. The third-order valence-corrected chi connectivity index (χ3v) is 3.95. The maximum absolute atomic E-state index is 12.8. The summed E-state index contributed by atoms with van der Waals surface area (Å²) in [6, 6.07) is 11.0. The number of hydrogen-bond acceptors (Lipinski definition) is 4. The van der Waals surface area contributed by atoms with E-state index >= 15 is 0 Å². The molecule has 0 aliphatic carbocycles. The Labute approximate surface area is 143 Å². The summed E-state index contributed by atoms with van der Waals surface area (Å²) in [4.78, 5) is 21.9. The maximum atomic E-state index is 12.8. The van der Waals surface area contributed by atoms with E-state index in [4.69, 9.17) is 0 Å². The molecule has 0 saturated carbocycles. The zero-order chi connectivity index (χ0) is 18.5. The van der Waals surface area contributed by atoms with Gasteiger partial charge in [-0.1, -0.05) is 18.2 Å². The van der Waals surface area contributed by atoms with Crippen LogP contribution in [0, 0.1) is 10.1 Å². The van der Waals surface area contributed by atoms with Gasteiger partial charge in [0.1, 0.15) is 11.2 Å². The van der Waals surface area contributed by atoms with Crippen molar-refractivity contribution in [2.24, 2.45) is 0 Å². The number of H-pyrrole nitrogens is 1. The average Bonchev–Trinajstić information content (AvgIpc) is 3.03. The number of pyridine rings is 1. The van der Waals surface area contributed by atoms with Crippen LogP contribution in [0.3, 0.4) is 0 Å². The number of imidazole rings is 1. The van der Waals surface area contributed by atoms with Gasteiger partial charge in [-0.05, 0) is 24.3 Å². The van der Waals surface area contributed by atoms with Crippen molar-refractivity contribution >= 4 is 27.6 Å². The number of para-hydroxylation sites is 1. The van der Waals surface area contributed by atoms with Gasteiger partial charge in [0, 0.05) is 11.5 Å². The molecule has 0 bridgehead atoms. The van der Waals surface area contributed by atoms with Crippen molar-refractivity contribution in [1.82, 2.24) is 15.0 Å². The van der Waals surface area contributed by atoms with E-state index in [1.807, 2.05) is 0 Å². The van der Waals surface area contributed by atoms with Gasteiger partial charge in [-0.3, -0.25) is 10.1 Å². The molecular weight excluding hydrogens is 349 g/mol. The minimum Gasteiger partial charge on any atom is -0.337 e. The number of rotatable bonds is 2. The lowest BCUT2D eigenvalue weighted by atomic mass is 10.1. The first-order chi connectivity index (χ1) is 12.3. The van der Waals surface area contributed by atoms with Crippen LogP contribution in [0.2, 0.25) is 0 Å². The highest BCUT2D eigenvalue weighted by atomic mass is 19.4. The van der Waals surface area contributed by atoms with E-state index in [-0.39, 0.29) is 22.5 Å². The van der Waals surface area contributed by atoms with Gasteiger partial charge in [0.05, 0.1) is 21.5 Å². The largest absolute Gasteiger partial charge is 0.416 e. The summed E-state index contributed by atoms with van der Waals surface area (Å²) in [7, 11) is 0. The van der Waals surface area contributed by atoms with E-state index in [1.54, 1.807) is 24.3 Å². The van der Waals surface area contributed by atoms with Crippen molar-refractivity contribution < 1.29 is 18.1 Å². The molecule has 0 aliphatic heterocycles. The Hall–Kier alpha value is -3.49. The summed E-state index contributed by atoms with van der Waals surface area (Å²) in [6.45, 7) is 0. The van der Waals surface area contributed by atoms with E-state index in [9.17, 15) is 23.3 Å². The number of aromatic amines is 1. The number of nitro benzene ring substituents is 1. The highest BCUT2D eigenvalue weighted by molar-refractivity contribution is 5.89. The van der Waals surface area contributed by atoms with Crippen molar-refractivity contribution in [2.45, 2.75) is 6.18 Å². The number of nitro groups is 1. The van der Waals surface area contributed by atoms with Crippen molar-refractivity contribution in [3.8, 4) is 11.5 Å². The monoisotopic (exact) mass is 358 g/mol. The van der Waals surface area contributed by atoms with Crippen LogP contribution in [-0.2, 0) is 6.18 Å². The minimum absolute atomic E-state index is 0.153. The average molecular weight is 358 g/mol. The lowest BCUT2D eigenvalue weighted by Crippen LogP contribution is -2.04. The molecule has 1 N–H and O–H groups in total. The molecular formula is C17H9F3N4O2. The quantitative estimate of drug-likeness (QED) is 0.416. The molecule has 9 heteroatoms. The molecule has 2 heterocycles. The van der Waals surface area contributed by atoms with Crippen LogP contribution >= 0.6 is 0 Å². The molecule has 0 aliphatic rings. The molecule has 130 valence electrons. The summed E-state index contributed by atoms with van der Waals surface area (Å²) >= 11 is 0. The number of nitrogens with zero attached hydrogens (tertiary/aromatic N) is 3. The number of hydrogen-bond donors (Lipinski definition) is 1. The van der Waals surface area contributed by atoms with Crippen molar-refractivity contribution in [3.63, 3.8) is 0 Å². The first-order valence-electron chi connectivity index (χ1n) is 7.44. The fourth-order valence-corrected chi connectivity index (χ4v) is 2.72. The van der Waals surface area contributed by atoms with Gasteiger partial charge in [-0.2, -0.15) is 13.2 Å². The van der Waals surface area contributed by atoms with E-state index in [1.165, 1.54) is 12.1 Å². The Bertz CT molecular complexity index is 1170. The number of benzene rings is 2. The highest BCUT2D eigenvalue weighted by Crippen LogP contribution is 2.32. The predicted octanol–water partition coefficient (Wildman–Crippen LogP) is 4.71. The summed E-state index contributed by atoms with van der Waals surface area (Å²) in [5, 5.41) is 11.8. The molecule has 0 unspecified atom stereocenters. The molecule has 26 heavy (non-hydrogen) atoms. The Morgan fingerprint density at radius 1 is 1.04 bits per heavy atom. The van der Waals surface area contributed by atoms with Crippen molar-refractivity contribution in [1.29, 1.82) is 0 Å². The lowest BCUT2D eigenvalue weighted by Gasteiger charge is -2.05.